The van der Waals surface area contributed by atoms with Crippen LogP contribution in [-0.4, -0.2) is 52.8 Å². The van der Waals surface area contributed by atoms with Crippen molar-refractivity contribution in [2.75, 3.05) is 12.8 Å². The van der Waals surface area contributed by atoms with E-state index in [1.54, 1.807) is 0 Å². The standard InChI is InChI=1S/C16H30N2O2S/c1-11(21-5)10-17-12-8-13-6-7-14(9-12)18(13)15(19)20-16(2,3)4/h11-14,17H,6-10H2,1-5H3. The van der Waals surface area contributed by atoms with Gasteiger partial charge in [0.05, 0.1) is 0 Å². The first-order valence-corrected chi connectivity index (χ1v) is 9.36. The van der Waals surface area contributed by atoms with Gasteiger partial charge in [-0.25, -0.2) is 4.79 Å². The molecule has 0 radical (unpaired) electrons. The molecule has 0 saturated carbocycles. The summed E-state index contributed by atoms with van der Waals surface area (Å²) in [5.74, 6) is 0. The Morgan fingerprint density at radius 2 is 1.90 bits per heavy atom. The molecule has 1 amide bonds. The Labute approximate surface area is 133 Å². The summed E-state index contributed by atoms with van der Waals surface area (Å²) in [7, 11) is 0. The van der Waals surface area contributed by atoms with Crippen LogP contribution in [0.5, 0.6) is 0 Å². The highest BCUT2D eigenvalue weighted by atomic mass is 32.2. The Bertz CT molecular complexity index is 356. The molecule has 3 unspecified atom stereocenters. The van der Waals surface area contributed by atoms with E-state index < -0.39 is 5.60 Å². The van der Waals surface area contributed by atoms with Gasteiger partial charge in [-0.15, -0.1) is 0 Å². The van der Waals surface area contributed by atoms with E-state index in [1.165, 1.54) is 0 Å². The monoisotopic (exact) mass is 314 g/mol. The number of carbonyl (C=O) groups is 1. The predicted molar refractivity (Wildman–Crippen MR) is 88.9 cm³/mol. The Morgan fingerprint density at radius 1 is 1.33 bits per heavy atom. The van der Waals surface area contributed by atoms with Crippen LogP contribution < -0.4 is 5.32 Å². The smallest absolute Gasteiger partial charge is 0.410 e. The summed E-state index contributed by atoms with van der Waals surface area (Å²) in [5.41, 5.74) is -0.403. The zero-order valence-electron chi connectivity index (χ0n) is 14.0. The van der Waals surface area contributed by atoms with Crippen LogP contribution in [0, 0.1) is 0 Å². The number of ether oxygens (including phenoxy) is 1. The minimum Gasteiger partial charge on any atom is -0.444 e. The molecule has 0 aromatic rings. The van der Waals surface area contributed by atoms with Gasteiger partial charge < -0.3 is 15.0 Å². The summed E-state index contributed by atoms with van der Waals surface area (Å²) in [6, 6.07) is 1.28. The number of rotatable bonds is 4. The molecule has 3 atom stereocenters. The van der Waals surface area contributed by atoms with Crippen molar-refractivity contribution >= 4 is 17.9 Å². The lowest BCUT2D eigenvalue weighted by molar-refractivity contribution is 0.00477. The van der Waals surface area contributed by atoms with Gasteiger partial charge in [-0.3, -0.25) is 0 Å². The molecule has 2 aliphatic heterocycles. The number of fused-ring (bicyclic) bond motifs is 2. The number of hydrogen-bond acceptors (Lipinski definition) is 4. The van der Waals surface area contributed by atoms with E-state index in [9.17, 15) is 4.79 Å². The van der Waals surface area contributed by atoms with Crippen LogP contribution in [0.2, 0.25) is 0 Å². The molecule has 0 aromatic carbocycles. The van der Waals surface area contributed by atoms with Gasteiger partial charge in [0.25, 0.3) is 0 Å². The average Bonchev–Trinajstić information content (AvgIpc) is 2.65. The third kappa shape index (κ3) is 4.52. The average molecular weight is 314 g/mol. The van der Waals surface area contributed by atoms with Crippen LogP contribution >= 0.6 is 11.8 Å². The summed E-state index contributed by atoms with van der Waals surface area (Å²) in [5, 5.41) is 4.33. The van der Waals surface area contributed by atoms with Crippen molar-refractivity contribution in [3.8, 4) is 0 Å². The van der Waals surface area contributed by atoms with Gasteiger partial charge in [0, 0.05) is 29.9 Å². The molecule has 2 bridgehead atoms. The van der Waals surface area contributed by atoms with Crippen LogP contribution in [-0.2, 0) is 4.74 Å². The highest BCUT2D eigenvalue weighted by Crippen LogP contribution is 2.36. The lowest BCUT2D eigenvalue weighted by Crippen LogP contribution is -2.53. The molecule has 0 spiro atoms. The second kappa shape index (κ2) is 6.78. The second-order valence-corrected chi connectivity index (χ2v) is 8.67. The first kappa shape index (κ1) is 16.9. The molecule has 2 aliphatic rings. The minimum absolute atomic E-state index is 0.120. The summed E-state index contributed by atoms with van der Waals surface area (Å²) >= 11 is 1.90. The summed E-state index contributed by atoms with van der Waals surface area (Å²) < 4.78 is 5.57. The normalized spacial score (nSPS) is 30.3. The molecule has 1 N–H and O–H groups in total. The molecule has 122 valence electrons. The molecule has 2 rings (SSSR count). The molecule has 5 heteroatoms. The van der Waals surface area contributed by atoms with E-state index >= 15 is 0 Å². The maximum absolute atomic E-state index is 12.4. The van der Waals surface area contributed by atoms with Gasteiger partial charge in [-0.05, 0) is 52.7 Å². The number of nitrogens with one attached hydrogen (secondary N) is 1. The summed E-state index contributed by atoms with van der Waals surface area (Å²) in [6.07, 6.45) is 6.42. The van der Waals surface area contributed by atoms with Gasteiger partial charge in [0.15, 0.2) is 0 Å². The van der Waals surface area contributed by atoms with E-state index in [0.29, 0.717) is 23.4 Å². The van der Waals surface area contributed by atoms with E-state index in [4.69, 9.17) is 4.74 Å². The van der Waals surface area contributed by atoms with Crippen molar-refractivity contribution in [2.45, 2.75) is 82.4 Å². The fraction of sp³-hybridized carbons (Fsp3) is 0.938. The highest BCUT2D eigenvalue weighted by molar-refractivity contribution is 7.99. The van der Waals surface area contributed by atoms with Gasteiger partial charge in [-0.2, -0.15) is 11.8 Å². The number of piperidine rings is 1. The fourth-order valence-corrected chi connectivity index (χ4v) is 3.64. The number of thioether (sulfide) groups is 1. The quantitative estimate of drug-likeness (QED) is 0.865. The van der Waals surface area contributed by atoms with Crippen LogP contribution in [0.25, 0.3) is 0 Å². The molecule has 2 saturated heterocycles. The predicted octanol–water partition coefficient (Wildman–Crippen LogP) is 3.26. The van der Waals surface area contributed by atoms with Crippen molar-refractivity contribution in [1.29, 1.82) is 0 Å². The highest BCUT2D eigenvalue weighted by Gasteiger charge is 2.44. The molecule has 4 nitrogen and oxygen atoms in total. The molecular formula is C16H30N2O2S. The van der Waals surface area contributed by atoms with Gasteiger partial charge in [0.1, 0.15) is 5.60 Å². The topological polar surface area (TPSA) is 41.6 Å². The van der Waals surface area contributed by atoms with Crippen molar-refractivity contribution in [3.63, 3.8) is 0 Å². The van der Waals surface area contributed by atoms with Crippen LogP contribution in [0.3, 0.4) is 0 Å². The van der Waals surface area contributed by atoms with E-state index in [2.05, 4.69) is 18.5 Å². The SMILES string of the molecule is CSC(C)CNC1CC2CCC(C1)N2C(=O)OC(C)(C)C. The van der Waals surface area contributed by atoms with Crippen molar-refractivity contribution in [3.05, 3.63) is 0 Å². The maximum atomic E-state index is 12.4. The molecule has 2 fully saturated rings. The second-order valence-electron chi connectivity index (χ2n) is 7.40. The minimum atomic E-state index is -0.403. The van der Waals surface area contributed by atoms with E-state index in [-0.39, 0.29) is 6.09 Å². The van der Waals surface area contributed by atoms with Crippen molar-refractivity contribution < 1.29 is 9.53 Å². The third-order valence-electron chi connectivity index (χ3n) is 4.43. The number of nitrogens with zero attached hydrogens (tertiary/aromatic N) is 1. The largest absolute Gasteiger partial charge is 0.444 e. The van der Waals surface area contributed by atoms with Gasteiger partial charge in [-0.1, -0.05) is 6.92 Å². The number of carbonyl (C=O) groups excluding carboxylic acids is 1. The van der Waals surface area contributed by atoms with Crippen LogP contribution in [0.15, 0.2) is 0 Å². The fourth-order valence-electron chi connectivity index (χ4n) is 3.37. The van der Waals surface area contributed by atoms with Crippen LogP contribution in [0.1, 0.15) is 53.4 Å². The van der Waals surface area contributed by atoms with E-state index in [1.807, 2.05) is 37.4 Å². The molecule has 0 aromatic heterocycles. The zero-order chi connectivity index (χ0) is 15.6. The van der Waals surface area contributed by atoms with Gasteiger partial charge in [0.2, 0.25) is 0 Å². The Hall–Kier alpha value is -0.420. The molecule has 2 heterocycles. The van der Waals surface area contributed by atoms with Crippen LogP contribution in [0.4, 0.5) is 4.79 Å². The molecule has 0 aliphatic carbocycles. The van der Waals surface area contributed by atoms with Crippen molar-refractivity contribution in [2.24, 2.45) is 0 Å². The Balaban J connectivity index is 1.88. The maximum Gasteiger partial charge on any atom is 0.410 e. The zero-order valence-corrected chi connectivity index (χ0v) is 14.8. The Morgan fingerprint density at radius 3 is 2.38 bits per heavy atom. The van der Waals surface area contributed by atoms with Gasteiger partial charge >= 0.3 is 6.09 Å². The Kier molecular flexibility index (Phi) is 5.47. The number of amides is 1. The first-order valence-electron chi connectivity index (χ1n) is 8.07. The third-order valence-corrected chi connectivity index (χ3v) is 5.41. The van der Waals surface area contributed by atoms with Crippen molar-refractivity contribution in [1.82, 2.24) is 10.2 Å². The summed E-state index contributed by atoms with van der Waals surface area (Å²) in [6.45, 7) is 9.11. The lowest BCUT2D eigenvalue weighted by Gasteiger charge is -2.40. The lowest BCUT2D eigenvalue weighted by atomic mass is 9.97. The molecule has 21 heavy (non-hydrogen) atoms. The summed E-state index contributed by atoms with van der Waals surface area (Å²) in [4.78, 5) is 14.4. The molecular weight excluding hydrogens is 284 g/mol. The first-order chi connectivity index (χ1) is 9.80. The number of hydrogen-bond donors (Lipinski definition) is 1. The van der Waals surface area contributed by atoms with E-state index in [0.717, 1.165) is 32.2 Å².